The molecule has 0 aromatic carbocycles. The molecular formula is C22H42O20. The van der Waals surface area contributed by atoms with Gasteiger partial charge in [0.25, 0.3) is 0 Å². The van der Waals surface area contributed by atoms with E-state index in [-0.39, 0.29) is 0 Å². The Kier molecular flexibility index (Phi) is 14.7. The first-order valence-electron chi connectivity index (χ1n) is 12.9. The normalized spacial score (nSPS) is 45.6. The average molecular weight is 627 g/mol. The van der Waals surface area contributed by atoms with Crippen LogP contribution in [0.25, 0.3) is 0 Å². The standard InChI is InChI=1S/C18H32O16.C4H10O4/c19-1-5-8(23)11(26)13(28)16(30-5)32-15-10(25)7(3-21)33-18(15,4-22)34-17-14(29)12(27)9(24)6(2-20)31-17;5-1-3(7)4(8)2-6/h5-17,19-29H,1-4H2;3-8H,1-2H2/t5-,6-,7-,8-,9-,10-,11+,12+,13-,14-,15+,16-,17-,18+;/m1./s1. The van der Waals surface area contributed by atoms with Gasteiger partial charge in [-0.2, -0.15) is 0 Å². The van der Waals surface area contributed by atoms with Crippen molar-refractivity contribution in [3.8, 4) is 0 Å². The van der Waals surface area contributed by atoms with E-state index in [9.17, 15) is 56.2 Å². The van der Waals surface area contributed by atoms with Gasteiger partial charge in [0.15, 0.2) is 12.6 Å². The topological polar surface area (TPSA) is 350 Å². The molecule has 0 aromatic heterocycles. The second kappa shape index (κ2) is 16.5. The third kappa shape index (κ3) is 8.07. The molecule has 3 aliphatic heterocycles. The fraction of sp³-hybridized carbons (Fsp3) is 1.00. The van der Waals surface area contributed by atoms with Crippen LogP contribution in [0.5, 0.6) is 0 Å². The van der Waals surface area contributed by atoms with Crippen LogP contribution in [0.1, 0.15) is 0 Å². The van der Waals surface area contributed by atoms with Crippen molar-refractivity contribution in [2.24, 2.45) is 0 Å². The fourth-order valence-corrected chi connectivity index (χ4v) is 4.37. The Morgan fingerprint density at radius 2 is 0.976 bits per heavy atom. The number of aliphatic hydroxyl groups is 15. The van der Waals surface area contributed by atoms with Crippen LogP contribution < -0.4 is 0 Å². The summed E-state index contributed by atoms with van der Waals surface area (Å²) in [5.74, 6) is -2.43. The van der Waals surface area contributed by atoms with Crippen LogP contribution >= 0.6 is 0 Å². The zero-order chi connectivity index (χ0) is 31.9. The van der Waals surface area contributed by atoms with Crippen LogP contribution in [0.2, 0.25) is 0 Å². The van der Waals surface area contributed by atoms with Gasteiger partial charge in [0.2, 0.25) is 5.79 Å². The van der Waals surface area contributed by atoms with Gasteiger partial charge in [0, 0.05) is 0 Å². The summed E-state index contributed by atoms with van der Waals surface area (Å²) < 4.78 is 27.0. The van der Waals surface area contributed by atoms with Crippen LogP contribution in [0.3, 0.4) is 0 Å². The molecule has 3 aliphatic rings. The van der Waals surface area contributed by atoms with Crippen molar-refractivity contribution in [1.29, 1.82) is 0 Å². The fourth-order valence-electron chi connectivity index (χ4n) is 4.37. The summed E-state index contributed by atoms with van der Waals surface area (Å²) in [5.41, 5.74) is 0. The molecular weight excluding hydrogens is 584 g/mol. The van der Waals surface area contributed by atoms with Gasteiger partial charge in [-0.25, -0.2) is 0 Å². The second-order valence-electron chi connectivity index (χ2n) is 9.87. The highest BCUT2D eigenvalue weighted by molar-refractivity contribution is 5.01. The zero-order valence-corrected chi connectivity index (χ0v) is 22.2. The Hall–Kier alpha value is -0.800. The lowest BCUT2D eigenvalue weighted by Crippen LogP contribution is -2.64. The lowest BCUT2D eigenvalue weighted by Gasteiger charge is -2.45. The lowest BCUT2D eigenvalue weighted by molar-refractivity contribution is -0.400. The summed E-state index contributed by atoms with van der Waals surface area (Å²) in [7, 11) is 0. The third-order valence-electron chi connectivity index (χ3n) is 6.99. The van der Waals surface area contributed by atoms with Gasteiger partial charge in [-0.05, 0) is 0 Å². The minimum atomic E-state index is -2.43. The van der Waals surface area contributed by atoms with E-state index >= 15 is 0 Å². The first kappa shape index (κ1) is 37.4. The molecule has 0 radical (unpaired) electrons. The van der Waals surface area contributed by atoms with Crippen LogP contribution in [0.15, 0.2) is 0 Å². The van der Waals surface area contributed by atoms with E-state index in [4.69, 9.17) is 44.1 Å². The van der Waals surface area contributed by atoms with E-state index in [1.807, 2.05) is 0 Å². The molecule has 20 nitrogen and oxygen atoms in total. The Bertz CT molecular complexity index is 768. The highest BCUT2D eigenvalue weighted by Gasteiger charge is 2.61. The SMILES string of the molecule is OCC(O)C(O)CO.OC[C@H]1O[C@@](CO)(O[C@H]2O[C@H](CO)[C@@H](O)[C@H](O)[C@H]2O)[C@@H](O[C@H]2O[C@H](CO)[C@@H](O)[C@H](O)[C@H]2O)[C@@H]1O. The molecule has 3 heterocycles. The molecule has 3 rings (SSSR count). The van der Waals surface area contributed by atoms with Gasteiger partial charge in [-0.15, -0.1) is 0 Å². The third-order valence-corrected chi connectivity index (χ3v) is 6.99. The first-order chi connectivity index (χ1) is 19.8. The molecule has 0 aromatic rings. The summed E-state index contributed by atoms with van der Waals surface area (Å²) in [6.45, 7) is -4.54. The van der Waals surface area contributed by atoms with Crippen molar-refractivity contribution in [3.05, 3.63) is 0 Å². The average Bonchev–Trinajstić information content (AvgIpc) is 3.27. The quantitative estimate of drug-likeness (QED) is 0.101. The second-order valence-corrected chi connectivity index (χ2v) is 9.87. The highest BCUT2D eigenvalue weighted by atomic mass is 16.8. The van der Waals surface area contributed by atoms with Gasteiger partial charge in [-0.1, -0.05) is 0 Å². The number of rotatable bonds is 11. The van der Waals surface area contributed by atoms with Crippen molar-refractivity contribution >= 4 is 0 Å². The zero-order valence-electron chi connectivity index (χ0n) is 22.2. The number of aliphatic hydroxyl groups excluding tert-OH is 15. The molecule has 2 unspecified atom stereocenters. The summed E-state index contributed by atoms with van der Waals surface area (Å²) >= 11 is 0. The Labute approximate surface area is 238 Å². The molecule has 42 heavy (non-hydrogen) atoms. The maximum Gasteiger partial charge on any atom is 0.224 e. The molecule has 15 N–H and O–H groups in total. The van der Waals surface area contributed by atoms with E-state index in [1.165, 1.54) is 0 Å². The van der Waals surface area contributed by atoms with E-state index in [2.05, 4.69) is 0 Å². The number of ether oxygens (including phenoxy) is 5. The molecule has 250 valence electrons. The van der Waals surface area contributed by atoms with Crippen LogP contribution in [-0.2, 0) is 23.7 Å². The maximum absolute atomic E-state index is 10.6. The smallest absolute Gasteiger partial charge is 0.224 e. The predicted molar refractivity (Wildman–Crippen MR) is 127 cm³/mol. The minimum Gasteiger partial charge on any atom is -0.394 e. The predicted octanol–water partition coefficient (Wildman–Crippen LogP) is -9.88. The molecule has 20 heteroatoms. The van der Waals surface area contributed by atoms with Crippen molar-refractivity contribution in [3.63, 3.8) is 0 Å². The van der Waals surface area contributed by atoms with Crippen molar-refractivity contribution in [2.75, 3.05) is 39.6 Å². The van der Waals surface area contributed by atoms with Crippen LogP contribution in [0.4, 0.5) is 0 Å². The molecule has 3 saturated heterocycles. The number of hydrogen-bond acceptors (Lipinski definition) is 20. The van der Waals surface area contributed by atoms with Crippen molar-refractivity contribution in [1.82, 2.24) is 0 Å². The highest BCUT2D eigenvalue weighted by Crippen LogP contribution is 2.39. The van der Waals surface area contributed by atoms with Gasteiger partial charge in [-0.3, -0.25) is 0 Å². The molecule has 0 spiro atoms. The molecule has 0 amide bonds. The minimum absolute atomic E-state index is 0.526. The lowest BCUT2D eigenvalue weighted by atomic mass is 9.98. The summed E-state index contributed by atoms with van der Waals surface area (Å²) in [4.78, 5) is 0. The van der Waals surface area contributed by atoms with Crippen LogP contribution in [-0.4, -0.2) is 214 Å². The summed E-state index contributed by atoms with van der Waals surface area (Å²) in [6, 6.07) is 0. The van der Waals surface area contributed by atoms with Gasteiger partial charge >= 0.3 is 0 Å². The van der Waals surface area contributed by atoms with E-state index in [0.717, 1.165) is 0 Å². The van der Waals surface area contributed by atoms with E-state index in [0.29, 0.717) is 0 Å². The van der Waals surface area contributed by atoms with Gasteiger partial charge in [0.1, 0.15) is 86.0 Å². The molecule has 0 saturated carbocycles. The van der Waals surface area contributed by atoms with E-state index in [1.54, 1.807) is 0 Å². The molecule has 3 fully saturated rings. The van der Waals surface area contributed by atoms with Crippen molar-refractivity contribution in [2.45, 2.75) is 97.7 Å². The Morgan fingerprint density at radius 1 is 0.548 bits per heavy atom. The molecule has 16 atom stereocenters. The summed E-state index contributed by atoms with van der Waals surface area (Å²) in [6.07, 6.45) is -24.8. The first-order valence-corrected chi connectivity index (χ1v) is 12.9. The Balaban J connectivity index is 0.000000675. The molecule has 0 aliphatic carbocycles. The van der Waals surface area contributed by atoms with Gasteiger partial charge in [0.05, 0.1) is 33.0 Å². The largest absolute Gasteiger partial charge is 0.394 e. The monoisotopic (exact) mass is 626 g/mol. The molecule has 0 bridgehead atoms. The Morgan fingerprint density at radius 3 is 1.38 bits per heavy atom. The van der Waals surface area contributed by atoms with E-state index < -0.39 is 137 Å². The van der Waals surface area contributed by atoms with Gasteiger partial charge < -0.3 is 100 Å². The number of hydrogen-bond donors (Lipinski definition) is 15. The van der Waals surface area contributed by atoms with Crippen LogP contribution in [0, 0.1) is 0 Å². The van der Waals surface area contributed by atoms with Crippen molar-refractivity contribution < 1.29 is 100 Å². The maximum atomic E-state index is 10.6. The summed E-state index contributed by atoms with van der Waals surface area (Å²) in [5, 5.41) is 143.